The molecular formula is C13H18O4S. The Morgan fingerprint density at radius 2 is 1.94 bits per heavy atom. The summed E-state index contributed by atoms with van der Waals surface area (Å²) in [7, 11) is -3.66. The zero-order valence-electron chi connectivity index (χ0n) is 10.6. The summed E-state index contributed by atoms with van der Waals surface area (Å²) >= 11 is 0. The highest BCUT2D eigenvalue weighted by Crippen LogP contribution is 2.22. The monoisotopic (exact) mass is 270 g/mol. The summed E-state index contributed by atoms with van der Waals surface area (Å²) in [6, 6.07) is 6.69. The number of hydrogen-bond donors (Lipinski definition) is 0. The van der Waals surface area contributed by atoms with E-state index in [1.165, 1.54) is 0 Å². The molecule has 0 aromatic heterocycles. The topological polar surface area (TPSA) is 52.6 Å². The first kappa shape index (κ1) is 13.5. The Morgan fingerprint density at radius 3 is 2.56 bits per heavy atom. The van der Waals surface area contributed by atoms with E-state index < -0.39 is 10.1 Å². The van der Waals surface area contributed by atoms with Crippen molar-refractivity contribution in [2.75, 3.05) is 6.61 Å². The van der Waals surface area contributed by atoms with Gasteiger partial charge in [0, 0.05) is 13.0 Å². The second-order valence-electron chi connectivity index (χ2n) is 4.69. The van der Waals surface area contributed by atoms with Crippen LogP contribution in [0.4, 0.5) is 0 Å². The first-order chi connectivity index (χ1) is 8.47. The molecule has 1 heterocycles. The summed E-state index contributed by atoms with van der Waals surface area (Å²) in [6.07, 6.45) is 1.01. The van der Waals surface area contributed by atoms with Crippen LogP contribution in [0.2, 0.25) is 0 Å². The smallest absolute Gasteiger partial charge is 0.297 e. The normalized spacial score (nSPS) is 25.0. The molecule has 18 heavy (non-hydrogen) atoms. The van der Waals surface area contributed by atoms with Gasteiger partial charge in [-0.25, -0.2) is 0 Å². The fraction of sp³-hybridized carbons (Fsp3) is 0.538. The lowest BCUT2D eigenvalue weighted by molar-refractivity contribution is -0.0231. The van der Waals surface area contributed by atoms with Crippen LogP contribution in [0.15, 0.2) is 29.2 Å². The molecule has 1 aliphatic heterocycles. The molecule has 2 rings (SSSR count). The molecule has 1 aliphatic rings. The first-order valence-electron chi connectivity index (χ1n) is 6.09. The average Bonchev–Trinajstić information content (AvgIpc) is 2.29. The van der Waals surface area contributed by atoms with Crippen LogP contribution in [0, 0.1) is 6.92 Å². The van der Waals surface area contributed by atoms with Crippen LogP contribution in [-0.2, 0) is 19.0 Å². The summed E-state index contributed by atoms with van der Waals surface area (Å²) in [4.78, 5) is 0.215. The van der Waals surface area contributed by atoms with Crippen molar-refractivity contribution in [3.05, 3.63) is 29.8 Å². The fourth-order valence-corrected chi connectivity index (χ4v) is 3.10. The number of aryl methyl sites for hydroxylation is 1. The zero-order valence-corrected chi connectivity index (χ0v) is 11.4. The summed E-state index contributed by atoms with van der Waals surface area (Å²) < 4.78 is 34.7. The summed E-state index contributed by atoms with van der Waals surface area (Å²) in [5.74, 6) is 0. The van der Waals surface area contributed by atoms with Crippen LogP contribution in [-0.4, -0.2) is 27.2 Å². The van der Waals surface area contributed by atoms with E-state index in [2.05, 4.69) is 0 Å². The van der Waals surface area contributed by atoms with E-state index in [4.69, 9.17) is 8.92 Å². The van der Waals surface area contributed by atoms with E-state index in [9.17, 15) is 8.42 Å². The Bertz CT molecular complexity index is 492. The van der Waals surface area contributed by atoms with Crippen LogP contribution in [0.5, 0.6) is 0 Å². The van der Waals surface area contributed by atoms with Crippen molar-refractivity contribution in [1.29, 1.82) is 0 Å². The van der Waals surface area contributed by atoms with Gasteiger partial charge in [-0.05, 0) is 32.4 Å². The number of hydrogen-bond acceptors (Lipinski definition) is 4. The standard InChI is InChI=1S/C13H18O4S/c1-10-3-5-13(6-4-10)18(14,15)17-12-7-8-16-11(2)9-12/h3-6,11-12H,7-9H2,1-2H3/t11-,12?/m0/s1. The number of ether oxygens (including phenoxy) is 1. The van der Waals surface area contributed by atoms with Gasteiger partial charge in [0.05, 0.1) is 17.1 Å². The minimum Gasteiger partial charge on any atom is -0.378 e. The van der Waals surface area contributed by atoms with E-state index in [0.29, 0.717) is 19.4 Å². The third kappa shape index (κ3) is 3.31. The fourth-order valence-electron chi connectivity index (χ4n) is 1.98. The van der Waals surface area contributed by atoms with E-state index in [1.807, 2.05) is 13.8 Å². The zero-order chi connectivity index (χ0) is 13.2. The molecule has 0 radical (unpaired) electrons. The Kier molecular flexibility index (Phi) is 4.04. The highest BCUT2D eigenvalue weighted by molar-refractivity contribution is 7.86. The maximum Gasteiger partial charge on any atom is 0.297 e. The van der Waals surface area contributed by atoms with Gasteiger partial charge in [0.15, 0.2) is 0 Å². The van der Waals surface area contributed by atoms with Crippen molar-refractivity contribution in [3.63, 3.8) is 0 Å². The molecule has 0 saturated carbocycles. The minimum absolute atomic E-state index is 0.0527. The van der Waals surface area contributed by atoms with Crippen LogP contribution < -0.4 is 0 Å². The van der Waals surface area contributed by atoms with Crippen molar-refractivity contribution in [2.24, 2.45) is 0 Å². The molecule has 1 aromatic rings. The Balaban J connectivity index is 2.09. The molecule has 100 valence electrons. The molecular weight excluding hydrogens is 252 g/mol. The summed E-state index contributed by atoms with van der Waals surface area (Å²) in [6.45, 7) is 4.39. The minimum atomic E-state index is -3.66. The lowest BCUT2D eigenvalue weighted by atomic mass is 10.1. The highest BCUT2D eigenvalue weighted by atomic mass is 32.2. The summed E-state index contributed by atoms with van der Waals surface area (Å²) in [5, 5.41) is 0. The molecule has 1 fully saturated rings. The van der Waals surface area contributed by atoms with Crippen molar-refractivity contribution in [3.8, 4) is 0 Å². The van der Waals surface area contributed by atoms with Gasteiger partial charge < -0.3 is 4.74 Å². The lowest BCUT2D eigenvalue weighted by Gasteiger charge is -2.26. The molecule has 1 saturated heterocycles. The molecule has 1 aromatic carbocycles. The van der Waals surface area contributed by atoms with Crippen LogP contribution in [0.25, 0.3) is 0 Å². The van der Waals surface area contributed by atoms with Crippen molar-refractivity contribution < 1.29 is 17.3 Å². The van der Waals surface area contributed by atoms with E-state index in [0.717, 1.165) is 5.56 Å². The molecule has 0 N–H and O–H groups in total. The van der Waals surface area contributed by atoms with Gasteiger partial charge in [-0.15, -0.1) is 0 Å². The second kappa shape index (κ2) is 5.38. The third-order valence-electron chi connectivity index (χ3n) is 3.01. The average molecular weight is 270 g/mol. The molecule has 5 heteroatoms. The molecule has 4 nitrogen and oxygen atoms in total. The molecule has 0 aliphatic carbocycles. The molecule has 2 atom stereocenters. The Labute approximate surface area is 108 Å². The summed E-state index contributed by atoms with van der Waals surface area (Å²) in [5.41, 5.74) is 1.02. The number of benzene rings is 1. The van der Waals surface area contributed by atoms with Gasteiger partial charge in [-0.3, -0.25) is 4.18 Å². The predicted molar refractivity (Wildman–Crippen MR) is 67.9 cm³/mol. The van der Waals surface area contributed by atoms with Crippen LogP contribution in [0.1, 0.15) is 25.3 Å². The van der Waals surface area contributed by atoms with Crippen molar-refractivity contribution in [1.82, 2.24) is 0 Å². The highest BCUT2D eigenvalue weighted by Gasteiger charge is 2.26. The number of rotatable bonds is 3. The SMILES string of the molecule is Cc1ccc(S(=O)(=O)OC2CCO[C@@H](C)C2)cc1. The van der Waals surface area contributed by atoms with Gasteiger partial charge in [0.1, 0.15) is 0 Å². The van der Waals surface area contributed by atoms with Crippen molar-refractivity contribution in [2.45, 2.75) is 43.8 Å². The van der Waals surface area contributed by atoms with Gasteiger partial charge in [0.25, 0.3) is 10.1 Å². The van der Waals surface area contributed by atoms with E-state index >= 15 is 0 Å². The molecule has 0 spiro atoms. The molecule has 0 amide bonds. The van der Waals surface area contributed by atoms with E-state index in [-0.39, 0.29) is 17.1 Å². The maximum absolute atomic E-state index is 12.1. The molecule has 0 bridgehead atoms. The Morgan fingerprint density at radius 1 is 1.28 bits per heavy atom. The van der Waals surface area contributed by atoms with Gasteiger partial charge in [-0.2, -0.15) is 8.42 Å². The predicted octanol–water partition coefficient (Wildman–Crippen LogP) is 2.27. The van der Waals surface area contributed by atoms with Gasteiger partial charge in [-0.1, -0.05) is 17.7 Å². The van der Waals surface area contributed by atoms with Crippen LogP contribution in [0.3, 0.4) is 0 Å². The van der Waals surface area contributed by atoms with Gasteiger partial charge in [0.2, 0.25) is 0 Å². The third-order valence-corrected chi connectivity index (χ3v) is 4.38. The largest absolute Gasteiger partial charge is 0.378 e. The van der Waals surface area contributed by atoms with Crippen LogP contribution >= 0.6 is 0 Å². The first-order valence-corrected chi connectivity index (χ1v) is 7.50. The maximum atomic E-state index is 12.1. The van der Waals surface area contributed by atoms with Crippen molar-refractivity contribution >= 4 is 10.1 Å². The second-order valence-corrected chi connectivity index (χ2v) is 6.26. The molecule has 1 unspecified atom stereocenters. The lowest BCUT2D eigenvalue weighted by Crippen LogP contribution is -2.30. The van der Waals surface area contributed by atoms with E-state index in [1.54, 1.807) is 24.3 Å². The quantitative estimate of drug-likeness (QED) is 0.791. The van der Waals surface area contributed by atoms with Gasteiger partial charge >= 0.3 is 0 Å². The Hall–Kier alpha value is -0.910.